The second-order valence-corrected chi connectivity index (χ2v) is 12.9. The van der Waals surface area contributed by atoms with Crippen LogP contribution in [0.5, 0.6) is 0 Å². The highest BCUT2D eigenvalue weighted by atomic mass is 16.6. The van der Waals surface area contributed by atoms with E-state index < -0.39 is 6.04 Å². The van der Waals surface area contributed by atoms with Gasteiger partial charge in [-0.1, -0.05) is 20.3 Å². The summed E-state index contributed by atoms with van der Waals surface area (Å²) in [6.45, 7) is 15.1. The Morgan fingerprint density at radius 3 is 1.39 bits per heavy atom. The molecule has 1 atom stereocenters. The molecule has 3 N–H and O–H groups in total. The largest absolute Gasteiger partial charge is 0.379 e. The van der Waals surface area contributed by atoms with Gasteiger partial charge in [0, 0.05) is 44.1 Å². The zero-order valence-corrected chi connectivity index (χ0v) is 32.9. The topological polar surface area (TPSA) is 199 Å². The van der Waals surface area contributed by atoms with Crippen LogP contribution in [0, 0.1) is 5.92 Å². The first-order chi connectivity index (χ1) is 26.1. The number of nitrogens with zero attached hydrogens (tertiary/aromatic N) is 1. The Hall–Kier alpha value is -3.03. The molecule has 0 spiro atoms. The average molecular weight is 775 g/mol. The van der Waals surface area contributed by atoms with Crippen molar-refractivity contribution in [1.29, 1.82) is 0 Å². The molecule has 0 aromatic rings. The van der Waals surface area contributed by atoms with E-state index in [1.165, 1.54) is 17.1 Å². The predicted molar refractivity (Wildman–Crippen MR) is 199 cm³/mol. The van der Waals surface area contributed by atoms with Gasteiger partial charge in [-0.2, -0.15) is 0 Å². The molecule has 0 saturated heterocycles. The van der Waals surface area contributed by atoms with Gasteiger partial charge in [0.25, 0.3) is 11.8 Å². The van der Waals surface area contributed by atoms with Crippen molar-refractivity contribution in [2.24, 2.45) is 5.92 Å². The van der Waals surface area contributed by atoms with Crippen molar-refractivity contribution in [2.75, 3.05) is 119 Å². The first kappa shape index (κ1) is 49.0. The number of carbonyl (C=O) groups is 5. The molecule has 0 aromatic carbocycles. The summed E-state index contributed by atoms with van der Waals surface area (Å²) in [6.07, 6.45) is 5.24. The van der Waals surface area contributed by atoms with E-state index in [2.05, 4.69) is 16.0 Å². The summed E-state index contributed by atoms with van der Waals surface area (Å²) in [4.78, 5) is 60.5. The monoisotopic (exact) mass is 774 g/mol. The van der Waals surface area contributed by atoms with Crippen molar-refractivity contribution >= 4 is 29.5 Å². The maximum absolute atomic E-state index is 12.3. The van der Waals surface area contributed by atoms with Crippen LogP contribution in [0.25, 0.3) is 0 Å². The van der Waals surface area contributed by atoms with Gasteiger partial charge < -0.3 is 53.8 Å². The third-order valence-electron chi connectivity index (χ3n) is 7.53. The van der Waals surface area contributed by atoms with Crippen LogP contribution in [-0.4, -0.2) is 165 Å². The summed E-state index contributed by atoms with van der Waals surface area (Å²) in [5, 5.41) is 8.41. The summed E-state index contributed by atoms with van der Waals surface area (Å²) in [6, 6.07) is -0.566. The second kappa shape index (κ2) is 33.3. The third-order valence-corrected chi connectivity index (χ3v) is 7.53. The second-order valence-electron chi connectivity index (χ2n) is 12.9. The minimum Gasteiger partial charge on any atom is -0.379 e. The molecule has 1 unspecified atom stereocenters. The molecule has 0 aromatic heterocycles. The maximum atomic E-state index is 12.3. The first-order valence-electron chi connectivity index (χ1n) is 19.1. The highest BCUT2D eigenvalue weighted by Gasteiger charge is 2.24. The van der Waals surface area contributed by atoms with Gasteiger partial charge in [-0.05, 0) is 32.6 Å². The van der Waals surface area contributed by atoms with Gasteiger partial charge in [0.1, 0.15) is 6.04 Å². The molecule has 0 aliphatic carbocycles. The summed E-state index contributed by atoms with van der Waals surface area (Å²) >= 11 is 0. The molecule has 0 saturated carbocycles. The van der Waals surface area contributed by atoms with Gasteiger partial charge in [0.15, 0.2) is 0 Å². The van der Waals surface area contributed by atoms with Crippen molar-refractivity contribution in [3.8, 4) is 0 Å². The van der Waals surface area contributed by atoms with Crippen LogP contribution < -0.4 is 16.0 Å². The molecule has 1 rings (SSSR count). The molecular formula is C37H66N4O13. The van der Waals surface area contributed by atoms with E-state index >= 15 is 0 Å². The molecule has 5 amide bonds. The van der Waals surface area contributed by atoms with Crippen molar-refractivity contribution in [3.05, 3.63) is 12.2 Å². The van der Waals surface area contributed by atoms with Gasteiger partial charge in [-0.3, -0.25) is 28.9 Å². The Labute approximate surface area is 320 Å². The molecule has 17 nitrogen and oxygen atoms in total. The SMILES string of the molecule is CC(C)NC(=O)C(NC(=O)CCOCCOCCOCCOCCOCCOCCOCCOCCNC(=O)CCCCCN1C(=O)C=CC1=O)C(C)C. The fourth-order valence-electron chi connectivity index (χ4n) is 4.70. The van der Waals surface area contributed by atoms with Crippen LogP contribution in [0.4, 0.5) is 0 Å². The zero-order chi connectivity index (χ0) is 39.7. The quantitative estimate of drug-likeness (QED) is 0.0592. The van der Waals surface area contributed by atoms with E-state index in [1.807, 2.05) is 27.7 Å². The smallest absolute Gasteiger partial charge is 0.253 e. The molecule has 0 radical (unpaired) electrons. The predicted octanol–water partition coefficient (Wildman–Crippen LogP) is 0.776. The molecule has 312 valence electrons. The van der Waals surface area contributed by atoms with E-state index in [0.29, 0.717) is 131 Å². The van der Waals surface area contributed by atoms with Gasteiger partial charge in [-0.15, -0.1) is 0 Å². The molecule has 1 aliphatic rings. The van der Waals surface area contributed by atoms with Crippen LogP contribution in [-0.2, 0) is 61.9 Å². The highest BCUT2D eigenvalue weighted by Crippen LogP contribution is 2.08. The van der Waals surface area contributed by atoms with E-state index in [0.717, 1.165) is 6.42 Å². The fraction of sp³-hybridized carbons (Fsp3) is 0.811. The minimum atomic E-state index is -0.572. The lowest BCUT2D eigenvalue weighted by molar-refractivity contribution is -0.137. The lowest BCUT2D eigenvalue weighted by atomic mass is 10.0. The lowest BCUT2D eigenvalue weighted by Gasteiger charge is -2.23. The number of nitrogens with one attached hydrogen (secondary N) is 3. The van der Waals surface area contributed by atoms with Crippen molar-refractivity contribution in [1.82, 2.24) is 20.9 Å². The third kappa shape index (κ3) is 27.5. The molecular weight excluding hydrogens is 708 g/mol. The molecule has 54 heavy (non-hydrogen) atoms. The zero-order valence-electron chi connectivity index (χ0n) is 32.9. The number of ether oxygens (including phenoxy) is 8. The number of imide groups is 1. The van der Waals surface area contributed by atoms with Gasteiger partial charge in [-0.25, -0.2) is 0 Å². The molecule has 1 aliphatic heterocycles. The van der Waals surface area contributed by atoms with Crippen LogP contribution in [0.15, 0.2) is 12.2 Å². The van der Waals surface area contributed by atoms with Crippen molar-refractivity contribution in [3.63, 3.8) is 0 Å². The normalized spacial score (nSPS) is 13.3. The lowest BCUT2D eigenvalue weighted by Crippen LogP contribution is -2.51. The Morgan fingerprint density at radius 1 is 0.537 bits per heavy atom. The minimum absolute atomic E-state index is 0.00685. The van der Waals surface area contributed by atoms with Crippen LogP contribution in [0.1, 0.15) is 59.8 Å². The van der Waals surface area contributed by atoms with Gasteiger partial charge >= 0.3 is 0 Å². The maximum Gasteiger partial charge on any atom is 0.253 e. The van der Waals surface area contributed by atoms with E-state index in [-0.39, 0.29) is 54.5 Å². The van der Waals surface area contributed by atoms with Gasteiger partial charge in [0.2, 0.25) is 17.7 Å². The van der Waals surface area contributed by atoms with E-state index in [1.54, 1.807) is 0 Å². The summed E-state index contributed by atoms with van der Waals surface area (Å²) in [5.74, 6) is -1.03. The summed E-state index contributed by atoms with van der Waals surface area (Å²) < 4.78 is 43.7. The number of carbonyl (C=O) groups excluding carboxylic acids is 5. The molecule has 0 fully saturated rings. The van der Waals surface area contributed by atoms with Crippen LogP contribution in [0.3, 0.4) is 0 Å². The number of hydrogen-bond acceptors (Lipinski definition) is 13. The Morgan fingerprint density at radius 2 is 0.963 bits per heavy atom. The van der Waals surface area contributed by atoms with Gasteiger partial charge in [0.05, 0.1) is 106 Å². The molecule has 17 heteroatoms. The fourth-order valence-corrected chi connectivity index (χ4v) is 4.70. The van der Waals surface area contributed by atoms with E-state index in [4.69, 9.17) is 37.9 Å². The van der Waals surface area contributed by atoms with E-state index in [9.17, 15) is 24.0 Å². The summed E-state index contributed by atoms with van der Waals surface area (Å²) in [7, 11) is 0. The number of amides is 5. The van der Waals surface area contributed by atoms with Crippen LogP contribution in [0.2, 0.25) is 0 Å². The number of hydrogen-bond donors (Lipinski definition) is 3. The summed E-state index contributed by atoms with van der Waals surface area (Å²) in [5.41, 5.74) is 0. The Bertz CT molecular complexity index is 1040. The standard InChI is InChI=1S/C37H66N4O13/c1-30(2)36(37(46)39-31(3)4)40-33(43)11-14-47-16-18-49-20-22-51-24-26-53-28-29-54-27-25-52-23-21-50-19-17-48-15-12-38-32(42)8-6-5-7-13-41-34(44)9-10-35(41)45/h9-10,30-31,36H,5-8,11-29H2,1-4H3,(H,38,42)(H,39,46)(H,40,43). The molecule has 0 bridgehead atoms. The number of rotatable bonds is 37. The highest BCUT2D eigenvalue weighted by molar-refractivity contribution is 6.12. The number of unbranched alkanes of at least 4 members (excludes halogenated alkanes) is 2. The Balaban J connectivity index is 1.73. The molecule has 1 heterocycles. The van der Waals surface area contributed by atoms with Crippen molar-refractivity contribution < 1.29 is 61.9 Å². The van der Waals surface area contributed by atoms with Crippen LogP contribution >= 0.6 is 0 Å². The van der Waals surface area contributed by atoms with Crippen molar-refractivity contribution in [2.45, 2.75) is 71.9 Å². The first-order valence-corrected chi connectivity index (χ1v) is 19.1. The Kier molecular flexibility index (Phi) is 30.2. The average Bonchev–Trinajstić information content (AvgIpc) is 3.45.